The van der Waals surface area contributed by atoms with Crippen molar-refractivity contribution in [3.63, 3.8) is 0 Å². The molecule has 1 saturated carbocycles. The van der Waals surface area contributed by atoms with Gasteiger partial charge in [-0.2, -0.15) is 0 Å². The Morgan fingerprint density at radius 2 is 2.17 bits per heavy atom. The lowest BCUT2D eigenvalue weighted by atomic mass is 9.86. The summed E-state index contributed by atoms with van der Waals surface area (Å²) in [5, 5.41) is 13.3. The number of benzene rings is 1. The van der Waals surface area contributed by atoms with Crippen LogP contribution in [0.4, 0.5) is 0 Å². The highest BCUT2D eigenvalue weighted by Gasteiger charge is 2.23. The zero-order valence-corrected chi connectivity index (χ0v) is 17.8. The Morgan fingerprint density at radius 3 is 2.97 bits per heavy atom. The van der Waals surface area contributed by atoms with Crippen molar-refractivity contribution in [2.75, 3.05) is 12.9 Å². The molecular weight excluding hydrogens is 388 g/mol. The standard InChI is InChI=1S/C21H26N4O3S/c1-13-7-4-5-9-15(13)22-18(26)12-29-21-24-23-20(25(21)2)17-11-14-8-6-10-16(27-3)19(14)28-17/h6,8,10-11,13,15H,4-5,7,9,12H2,1-3H3,(H,22,26)/t13-,15-/m1/s1. The van der Waals surface area contributed by atoms with E-state index in [1.807, 2.05) is 35.9 Å². The smallest absolute Gasteiger partial charge is 0.230 e. The van der Waals surface area contributed by atoms with Gasteiger partial charge in [-0.3, -0.25) is 4.79 Å². The van der Waals surface area contributed by atoms with E-state index in [2.05, 4.69) is 22.4 Å². The van der Waals surface area contributed by atoms with Crippen LogP contribution >= 0.6 is 11.8 Å². The summed E-state index contributed by atoms with van der Waals surface area (Å²) in [6.45, 7) is 2.22. The Labute approximate surface area is 174 Å². The van der Waals surface area contributed by atoms with Gasteiger partial charge in [-0.15, -0.1) is 10.2 Å². The first kappa shape index (κ1) is 19.8. The number of fused-ring (bicyclic) bond motifs is 1. The summed E-state index contributed by atoms with van der Waals surface area (Å²) >= 11 is 1.39. The first-order chi connectivity index (χ1) is 14.1. The Morgan fingerprint density at radius 1 is 1.34 bits per heavy atom. The number of furan rings is 1. The molecule has 0 saturated heterocycles. The topological polar surface area (TPSA) is 82.2 Å². The zero-order valence-electron chi connectivity index (χ0n) is 17.0. The van der Waals surface area contributed by atoms with Crippen molar-refractivity contribution in [2.45, 2.75) is 43.8 Å². The average molecular weight is 415 g/mol. The maximum absolute atomic E-state index is 12.4. The first-order valence-electron chi connectivity index (χ1n) is 9.95. The van der Waals surface area contributed by atoms with Crippen molar-refractivity contribution in [3.8, 4) is 17.3 Å². The summed E-state index contributed by atoms with van der Waals surface area (Å²) in [7, 11) is 3.50. The van der Waals surface area contributed by atoms with Crippen molar-refractivity contribution < 1.29 is 13.9 Å². The third-order valence-electron chi connectivity index (χ3n) is 5.57. The van der Waals surface area contributed by atoms with Crippen LogP contribution in [0.2, 0.25) is 0 Å². The molecule has 8 heteroatoms. The highest BCUT2D eigenvalue weighted by Crippen LogP contribution is 2.33. The lowest BCUT2D eigenvalue weighted by Gasteiger charge is -2.29. The Hall–Kier alpha value is -2.48. The molecular formula is C21H26N4O3S. The molecule has 0 bridgehead atoms. The van der Waals surface area contributed by atoms with Crippen molar-refractivity contribution in [1.82, 2.24) is 20.1 Å². The molecule has 2 heterocycles. The maximum atomic E-state index is 12.4. The van der Waals surface area contributed by atoms with E-state index in [-0.39, 0.29) is 11.9 Å². The van der Waals surface area contributed by atoms with Crippen LogP contribution in [-0.4, -0.2) is 39.6 Å². The van der Waals surface area contributed by atoms with Gasteiger partial charge in [0.15, 0.2) is 28.1 Å². The molecule has 1 aromatic carbocycles. The van der Waals surface area contributed by atoms with Gasteiger partial charge >= 0.3 is 0 Å². The minimum absolute atomic E-state index is 0.0479. The molecule has 1 aliphatic rings. The van der Waals surface area contributed by atoms with Gasteiger partial charge in [0.25, 0.3) is 0 Å². The van der Waals surface area contributed by atoms with E-state index in [0.29, 0.717) is 39.7 Å². The number of ether oxygens (including phenoxy) is 1. The monoisotopic (exact) mass is 414 g/mol. The van der Waals surface area contributed by atoms with Gasteiger partial charge in [0, 0.05) is 18.5 Å². The van der Waals surface area contributed by atoms with E-state index < -0.39 is 0 Å². The number of carbonyl (C=O) groups excluding carboxylic acids is 1. The van der Waals surface area contributed by atoms with Gasteiger partial charge in [-0.1, -0.05) is 43.7 Å². The number of hydrogen-bond acceptors (Lipinski definition) is 6. The molecule has 154 valence electrons. The Kier molecular flexibility index (Phi) is 5.80. The third-order valence-corrected chi connectivity index (χ3v) is 6.59. The lowest BCUT2D eigenvalue weighted by molar-refractivity contribution is -0.119. The largest absolute Gasteiger partial charge is 0.493 e. The number of hydrogen-bond donors (Lipinski definition) is 1. The van der Waals surface area contributed by atoms with E-state index in [4.69, 9.17) is 9.15 Å². The minimum atomic E-state index is 0.0479. The molecule has 4 rings (SSSR count). The molecule has 0 unspecified atom stereocenters. The summed E-state index contributed by atoms with van der Waals surface area (Å²) < 4.78 is 13.2. The number of thioether (sulfide) groups is 1. The number of carbonyl (C=O) groups is 1. The van der Waals surface area contributed by atoms with E-state index >= 15 is 0 Å². The highest BCUT2D eigenvalue weighted by atomic mass is 32.2. The van der Waals surface area contributed by atoms with Crippen LogP contribution in [0.15, 0.2) is 33.8 Å². The number of aromatic nitrogens is 3. The minimum Gasteiger partial charge on any atom is -0.493 e. The molecule has 1 amide bonds. The Bertz CT molecular complexity index is 1010. The van der Waals surface area contributed by atoms with Crippen LogP contribution < -0.4 is 10.1 Å². The van der Waals surface area contributed by atoms with Gasteiger partial charge in [0.05, 0.1) is 12.9 Å². The normalized spacial score (nSPS) is 19.4. The third kappa shape index (κ3) is 4.12. The van der Waals surface area contributed by atoms with Gasteiger partial charge in [0.1, 0.15) is 0 Å². The summed E-state index contributed by atoms with van der Waals surface area (Å²) in [4.78, 5) is 12.4. The summed E-state index contributed by atoms with van der Waals surface area (Å²) in [6.07, 6.45) is 4.71. The van der Waals surface area contributed by atoms with Gasteiger partial charge < -0.3 is 19.0 Å². The maximum Gasteiger partial charge on any atom is 0.230 e. The number of para-hydroxylation sites is 1. The fraction of sp³-hybridized carbons (Fsp3) is 0.476. The summed E-state index contributed by atoms with van der Waals surface area (Å²) in [6, 6.07) is 7.96. The number of rotatable bonds is 6. The van der Waals surface area contributed by atoms with Gasteiger partial charge in [-0.05, 0) is 30.9 Å². The molecule has 7 nitrogen and oxygen atoms in total. The molecule has 0 aliphatic heterocycles. The molecule has 2 atom stereocenters. The Balaban J connectivity index is 1.44. The van der Waals surface area contributed by atoms with E-state index in [9.17, 15) is 4.79 Å². The van der Waals surface area contributed by atoms with Crippen LogP contribution in [0.5, 0.6) is 5.75 Å². The number of amides is 1. The predicted molar refractivity (Wildman–Crippen MR) is 113 cm³/mol. The van der Waals surface area contributed by atoms with E-state index in [1.54, 1.807) is 7.11 Å². The first-order valence-corrected chi connectivity index (χ1v) is 10.9. The zero-order chi connectivity index (χ0) is 20.4. The number of nitrogens with one attached hydrogen (secondary N) is 1. The van der Waals surface area contributed by atoms with E-state index in [0.717, 1.165) is 11.8 Å². The second kappa shape index (κ2) is 8.49. The summed E-state index contributed by atoms with van der Waals surface area (Å²) in [5.41, 5.74) is 0.684. The molecule has 29 heavy (non-hydrogen) atoms. The SMILES string of the molecule is COc1cccc2cc(-c3nnc(SCC(=O)N[C@@H]4CCCC[C@H]4C)n3C)oc12. The van der Waals surface area contributed by atoms with Crippen molar-refractivity contribution in [3.05, 3.63) is 24.3 Å². The van der Waals surface area contributed by atoms with Crippen molar-refractivity contribution in [1.29, 1.82) is 0 Å². The van der Waals surface area contributed by atoms with Crippen LogP contribution in [0.3, 0.4) is 0 Å². The number of methoxy groups -OCH3 is 1. The molecule has 0 spiro atoms. The van der Waals surface area contributed by atoms with Crippen molar-refractivity contribution in [2.24, 2.45) is 13.0 Å². The van der Waals surface area contributed by atoms with Crippen LogP contribution in [0.25, 0.3) is 22.6 Å². The molecule has 1 fully saturated rings. The van der Waals surface area contributed by atoms with Crippen LogP contribution in [0, 0.1) is 5.92 Å². The predicted octanol–water partition coefficient (Wildman–Crippen LogP) is 4.02. The quantitative estimate of drug-likeness (QED) is 0.614. The van der Waals surface area contributed by atoms with Crippen LogP contribution in [-0.2, 0) is 11.8 Å². The average Bonchev–Trinajstić information content (AvgIpc) is 3.31. The molecule has 2 aromatic heterocycles. The van der Waals surface area contributed by atoms with Crippen molar-refractivity contribution >= 4 is 28.6 Å². The summed E-state index contributed by atoms with van der Waals surface area (Å²) in [5.74, 6) is 2.83. The second-order valence-electron chi connectivity index (χ2n) is 7.58. The second-order valence-corrected chi connectivity index (χ2v) is 8.52. The lowest BCUT2D eigenvalue weighted by Crippen LogP contribution is -2.41. The van der Waals surface area contributed by atoms with Gasteiger partial charge in [0.2, 0.25) is 5.91 Å². The fourth-order valence-corrected chi connectivity index (χ4v) is 4.59. The molecule has 1 N–H and O–H groups in total. The molecule has 3 aromatic rings. The fourth-order valence-electron chi connectivity index (χ4n) is 3.87. The number of nitrogens with zero attached hydrogens (tertiary/aromatic N) is 3. The van der Waals surface area contributed by atoms with E-state index in [1.165, 1.54) is 31.0 Å². The highest BCUT2D eigenvalue weighted by molar-refractivity contribution is 7.99. The van der Waals surface area contributed by atoms with Gasteiger partial charge in [-0.25, -0.2) is 0 Å². The van der Waals surface area contributed by atoms with Crippen LogP contribution in [0.1, 0.15) is 32.6 Å². The molecule has 0 radical (unpaired) electrons. The molecule has 1 aliphatic carbocycles.